The second-order valence-corrected chi connectivity index (χ2v) is 5.86. The SMILES string of the molecule is C[C@H]1CN(C(=O)CN2CCc3ccccc32)C[C@H](C)O1. The number of morpholine rings is 1. The first-order valence-corrected chi connectivity index (χ1v) is 7.39. The van der Waals surface area contributed by atoms with Crippen molar-refractivity contribution in [1.82, 2.24) is 4.90 Å². The van der Waals surface area contributed by atoms with Crippen molar-refractivity contribution in [3.8, 4) is 0 Å². The fourth-order valence-electron chi connectivity index (χ4n) is 3.22. The second-order valence-electron chi connectivity index (χ2n) is 5.86. The Hall–Kier alpha value is -1.55. The van der Waals surface area contributed by atoms with E-state index in [9.17, 15) is 4.79 Å². The van der Waals surface area contributed by atoms with Gasteiger partial charge in [0.2, 0.25) is 5.91 Å². The number of hydrogen-bond acceptors (Lipinski definition) is 3. The largest absolute Gasteiger partial charge is 0.372 e. The lowest BCUT2D eigenvalue weighted by atomic mass is 10.2. The molecule has 0 aromatic heterocycles. The topological polar surface area (TPSA) is 32.8 Å². The van der Waals surface area contributed by atoms with Crippen molar-refractivity contribution in [2.24, 2.45) is 0 Å². The van der Waals surface area contributed by atoms with Crippen molar-refractivity contribution >= 4 is 11.6 Å². The van der Waals surface area contributed by atoms with Crippen LogP contribution in [0.5, 0.6) is 0 Å². The maximum Gasteiger partial charge on any atom is 0.242 e. The molecule has 2 heterocycles. The number of nitrogens with zero attached hydrogens (tertiary/aromatic N) is 2. The van der Waals surface area contributed by atoms with Gasteiger partial charge in [0.25, 0.3) is 0 Å². The number of benzene rings is 1. The van der Waals surface area contributed by atoms with Gasteiger partial charge in [-0.05, 0) is 31.9 Å². The van der Waals surface area contributed by atoms with Crippen molar-refractivity contribution in [2.45, 2.75) is 32.5 Å². The van der Waals surface area contributed by atoms with E-state index in [0.29, 0.717) is 19.6 Å². The molecular formula is C16H22N2O2. The number of para-hydroxylation sites is 1. The Labute approximate surface area is 120 Å². The summed E-state index contributed by atoms with van der Waals surface area (Å²) in [6, 6.07) is 8.37. The van der Waals surface area contributed by atoms with Gasteiger partial charge in [-0.25, -0.2) is 0 Å². The fourth-order valence-corrected chi connectivity index (χ4v) is 3.22. The van der Waals surface area contributed by atoms with Crippen molar-refractivity contribution in [1.29, 1.82) is 0 Å². The Morgan fingerprint density at radius 1 is 1.25 bits per heavy atom. The molecule has 1 amide bonds. The minimum absolute atomic E-state index is 0.133. The molecule has 0 radical (unpaired) electrons. The molecule has 20 heavy (non-hydrogen) atoms. The van der Waals surface area contributed by atoms with Crippen LogP contribution in [-0.4, -0.2) is 49.2 Å². The van der Waals surface area contributed by atoms with E-state index in [1.165, 1.54) is 11.3 Å². The van der Waals surface area contributed by atoms with Gasteiger partial charge in [0, 0.05) is 25.3 Å². The molecular weight excluding hydrogens is 252 g/mol. The molecule has 2 atom stereocenters. The van der Waals surface area contributed by atoms with Gasteiger partial charge in [0.1, 0.15) is 0 Å². The molecule has 0 saturated carbocycles. The Morgan fingerprint density at radius 2 is 1.95 bits per heavy atom. The monoisotopic (exact) mass is 274 g/mol. The minimum Gasteiger partial charge on any atom is -0.372 e. The van der Waals surface area contributed by atoms with Crippen LogP contribution in [0.4, 0.5) is 5.69 Å². The van der Waals surface area contributed by atoms with E-state index >= 15 is 0 Å². The molecule has 0 bridgehead atoms. The van der Waals surface area contributed by atoms with Crippen LogP contribution in [0.2, 0.25) is 0 Å². The van der Waals surface area contributed by atoms with Gasteiger partial charge in [0.15, 0.2) is 0 Å². The standard InChI is InChI=1S/C16H22N2O2/c1-12-9-18(10-13(2)20-12)16(19)11-17-8-7-14-5-3-4-6-15(14)17/h3-6,12-13H,7-11H2,1-2H3/t12-,13-/m0/s1. The maximum absolute atomic E-state index is 12.5. The summed E-state index contributed by atoms with van der Waals surface area (Å²) >= 11 is 0. The molecule has 108 valence electrons. The number of anilines is 1. The third-order valence-corrected chi connectivity index (χ3v) is 4.08. The predicted octanol–water partition coefficient (Wildman–Crippen LogP) is 1.68. The second kappa shape index (κ2) is 5.44. The number of carbonyl (C=O) groups is 1. The number of carbonyl (C=O) groups excluding carboxylic acids is 1. The Bertz CT molecular complexity index is 493. The van der Waals surface area contributed by atoms with Crippen LogP contribution in [-0.2, 0) is 16.0 Å². The van der Waals surface area contributed by atoms with Crippen molar-refractivity contribution < 1.29 is 9.53 Å². The smallest absolute Gasteiger partial charge is 0.242 e. The molecule has 2 aliphatic heterocycles. The van der Waals surface area contributed by atoms with E-state index in [1.54, 1.807) is 0 Å². The maximum atomic E-state index is 12.5. The predicted molar refractivity (Wildman–Crippen MR) is 78.9 cm³/mol. The minimum atomic E-state index is 0.133. The summed E-state index contributed by atoms with van der Waals surface area (Å²) < 4.78 is 5.69. The highest BCUT2D eigenvalue weighted by Crippen LogP contribution is 2.27. The van der Waals surface area contributed by atoms with E-state index in [0.717, 1.165) is 13.0 Å². The average Bonchev–Trinajstić information content (AvgIpc) is 2.81. The van der Waals surface area contributed by atoms with Gasteiger partial charge in [-0.15, -0.1) is 0 Å². The summed E-state index contributed by atoms with van der Waals surface area (Å²) in [6.45, 7) is 6.90. The zero-order valence-corrected chi connectivity index (χ0v) is 12.2. The number of hydrogen-bond donors (Lipinski definition) is 0. The Kier molecular flexibility index (Phi) is 3.66. The molecule has 2 aliphatic rings. The van der Waals surface area contributed by atoms with Crippen molar-refractivity contribution in [3.05, 3.63) is 29.8 Å². The Morgan fingerprint density at radius 3 is 2.70 bits per heavy atom. The quantitative estimate of drug-likeness (QED) is 0.822. The number of amides is 1. The van der Waals surface area contributed by atoms with Crippen LogP contribution >= 0.6 is 0 Å². The molecule has 4 heteroatoms. The fraction of sp³-hybridized carbons (Fsp3) is 0.562. The lowest BCUT2D eigenvalue weighted by Gasteiger charge is -2.36. The van der Waals surface area contributed by atoms with Gasteiger partial charge >= 0.3 is 0 Å². The number of fused-ring (bicyclic) bond motifs is 1. The van der Waals surface area contributed by atoms with Gasteiger partial charge in [-0.3, -0.25) is 4.79 Å². The summed E-state index contributed by atoms with van der Waals surface area (Å²) in [5, 5.41) is 0. The summed E-state index contributed by atoms with van der Waals surface area (Å²) in [5.41, 5.74) is 2.57. The molecule has 3 rings (SSSR count). The highest BCUT2D eigenvalue weighted by molar-refractivity contribution is 5.82. The van der Waals surface area contributed by atoms with Gasteiger partial charge < -0.3 is 14.5 Å². The van der Waals surface area contributed by atoms with Gasteiger partial charge in [-0.2, -0.15) is 0 Å². The third-order valence-electron chi connectivity index (χ3n) is 4.08. The molecule has 0 unspecified atom stereocenters. The van der Waals surface area contributed by atoms with Crippen LogP contribution in [0.25, 0.3) is 0 Å². The molecule has 4 nitrogen and oxygen atoms in total. The first-order chi connectivity index (χ1) is 9.63. The van der Waals surface area contributed by atoms with E-state index < -0.39 is 0 Å². The Balaban J connectivity index is 1.65. The third kappa shape index (κ3) is 2.66. The highest BCUT2D eigenvalue weighted by atomic mass is 16.5. The van der Waals surface area contributed by atoms with Crippen LogP contribution < -0.4 is 4.90 Å². The first kappa shape index (κ1) is 13.4. The van der Waals surface area contributed by atoms with E-state index in [1.807, 2.05) is 24.8 Å². The average molecular weight is 274 g/mol. The van der Waals surface area contributed by atoms with Crippen LogP contribution in [0.15, 0.2) is 24.3 Å². The van der Waals surface area contributed by atoms with Crippen LogP contribution in [0.1, 0.15) is 19.4 Å². The summed E-state index contributed by atoms with van der Waals surface area (Å²) in [6.07, 6.45) is 1.31. The zero-order chi connectivity index (χ0) is 14.1. The van der Waals surface area contributed by atoms with Crippen LogP contribution in [0.3, 0.4) is 0 Å². The molecule has 0 spiro atoms. The lowest BCUT2D eigenvalue weighted by molar-refractivity contribution is -0.141. The summed E-state index contributed by atoms with van der Waals surface area (Å²) in [7, 11) is 0. The van der Waals surface area contributed by atoms with Crippen molar-refractivity contribution in [2.75, 3.05) is 31.1 Å². The van der Waals surface area contributed by atoms with E-state index in [4.69, 9.17) is 4.74 Å². The summed E-state index contributed by atoms with van der Waals surface area (Å²) in [5.74, 6) is 0.212. The van der Waals surface area contributed by atoms with Gasteiger partial charge in [0.05, 0.1) is 18.8 Å². The summed E-state index contributed by atoms with van der Waals surface area (Å²) in [4.78, 5) is 16.6. The molecule has 1 aromatic carbocycles. The van der Waals surface area contributed by atoms with E-state index in [-0.39, 0.29) is 18.1 Å². The molecule has 1 saturated heterocycles. The molecule has 1 fully saturated rings. The van der Waals surface area contributed by atoms with Crippen LogP contribution in [0, 0.1) is 0 Å². The number of ether oxygens (including phenoxy) is 1. The van der Waals surface area contributed by atoms with Crippen molar-refractivity contribution in [3.63, 3.8) is 0 Å². The first-order valence-electron chi connectivity index (χ1n) is 7.39. The zero-order valence-electron chi connectivity index (χ0n) is 12.2. The molecule has 1 aromatic rings. The normalized spacial score (nSPS) is 25.7. The highest BCUT2D eigenvalue weighted by Gasteiger charge is 2.28. The molecule has 0 N–H and O–H groups in total. The van der Waals surface area contributed by atoms with Gasteiger partial charge in [-0.1, -0.05) is 18.2 Å². The lowest BCUT2D eigenvalue weighted by Crippen LogP contribution is -2.51. The number of rotatable bonds is 2. The van der Waals surface area contributed by atoms with E-state index in [2.05, 4.69) is 23.1 Å². The molecule has 0 aliphatic carbocycles.